The minimum absolute atomic E-state index is 0.108. The molecule has 4 aromatic rings. The van der Waals surface area contributed by atoms with Crippen molar-refractivity contribution in [1.29, 1.82) is 0 Å². The van der Waals surface area contributed by atoms with Gasteiger partial charge in [-0.25, -0.2) is 8.42 Å². The molecule has 44 heavy (non-hydrogen) atoms. The predicted octanol–water partition coefficient (Wildman–Crippen LogP) is 5.94. The zero-order chi connectivity index (χ0) is 32.6. The molecule has 1 atom stereocenters. The number of aryl methyl sites for hydroxylation is 1. The van der Waals surface area contributed by atoms with Gasteiger partial charge in [0.05, 0.1) is 10.6 Å². The molecule has 1 aromatic heterocycles. The van der Waals surface area contributed by atoms with E-state index >= 15 is 0 Å². The van der Waals surface area contributed by atoms with Crippen molar-refractivity contribution in [2.45, 2.75) is 44.8 Å². The summed E-state index contributed by atoms with van der Waals surface area (Å²) in [5, 5.41) is 14.1. The monoisotopic (exact) mass is 631 g/mol. The number of carboxylic acid groups (broad SMARTS) is 1. The van der Waals surface area contributed by atoms with E-state index in [9.17, 15) is 41.1 Å². The van der Waals surface area contributed by atoms with Crippen LogP contribution in [-0.2, 0) is 19.6 Å². The first-order valence-corrected chi connectivity index (χ1v) is 14.5. The summed E-state index contributed by atoms with van der Waals surface area (Å²) < 4.78 is 71.8. The standard InChI is InChI=1S/C30H28F3N3O7S/c1-16-23-21(35-28(40)30(31,32)33)6-5-7-22(23)43-24(16)26(37)34-19-12-8-17(9-13-19)18-10-14-20(15-11-18)44(41,42)36-25(27(38)39)29(2,3)4/h5-15,25,36H,1-4H3,(H,34,37)(H,35,40)(H,38,39)/t25-/m1/s1. The SMILES string of the molecule is Cc1c(C(=O)Nc2ccc(-c3ccc(S(=O)(=O)N[C@H](C(=O)O)C(C)(C)C)cc3)cc2)oc2cccc(NC(=O)C(F)(F)F)c12. The average molecular weight is 632 g/mol. The van der Waals surface area contributed by atoms with Crippen LogP contribution in [-0.4, -0.2) is 43.5 Å². The van der Waals surface area contributed by atoms with E-state index < -0.39 is 45.4 Å². The molecule has 0 saturated carbocycles. The summed E-state index contributed by atoms with van der Waals surface area (Å²) in [6, 6.07) is 15.1. The lowest BCUT2D eigenvalue weighted by atomic mass is 9.88. The van der Waals surface area contributed by atoms with E-state index in [1.165, 1.54) is 37.3 Å². The zero-order valence-corrected chi connectivity index (χ0v) is 24.7. The Balaban J connectivity index is 1.49. The third-order valence-corrected chi connectivity index (χ3v) is 8.13. The van der Waals surface area contributed by atoms with E-state index in [-0.39, 0.29) is 32.9 Å². The van der Waals surface area contributed by atoms with E-state index in [4.69, 9.17) is 4.42 Å². The van der Waals surface area contributed by atoms with Gasteiger partial charge in [-0.3, -0.25) is 14.4 Å². The van der Waals surface area contributed by atoms with E-state index in [1.807, 2.05) is 0 Å². The molecule has 0 fully saturated rings. The Kier molecular flexibility index (Phi) is 8.62. The van der Waals surface area contributed by atoms with Crippen LogP contribution in [0.15, 0.2) is 76.0 Å². The topological polar surface area (TPSA) is 155 Å². The van der Waals surface area contributed by atoms with E-state index in [0.717, 1.165) is 0 Å². The molecular weight excluding hydrogens is 603 g/mol. The van der Waals surface area contributed by atoms with Crippen LogP contribution in [0, 0.1) is 12.3 Å². The second-order valence-electron chi connectivity index (χ2n) is 11.0. The van der Waals surface area contributed by atoms with Crippen molar-refractivity contribution in [2.24, 2.45) is 5.41 Å². The van der Waals surface area contributed by atoms with Crippen LogP contribution >= 0.6 is 0 Å². The molecule has 0 bridgehead atoms. The molecule has 0 radical (unpaired) electrons. The van der Waals surface area contributed by atoms with Crippen molar-refractivity contribution in [1.82, 2.24) is 4.72 Å². The Morgan fingerprint density at radius 3 is 1.95 bits per heavy atom. The van der Waals surface area contributed by atoms with Crippen molar-refractivity contribution in [2.75, 3.05) is 10.6 Å². The van der Waals surface area contributed by atoms with Crippen LogP contribution < -0.4 is 15.4 Å². The molecule has 2 amide bonds. The highest BCUT2D eigenvalue weighted by atomic mass is 32.2. The highest BCUT2D eigenvalue weighted by Gasteiger charge is 2.39. The molecular formula is C30H28F3N3O7S. The van der Waals surface area contributed by atoms with Gasteiger partial charge in [-0.05, 0) is 59.9 Å². The lowest BCUT2D eigenvalue weighted by Gasteiger charge is -2.27. The second-order valence-corrected chi connectivity index (χ2v) is 12.7. The molecule has 0 spiro atoms. The Bertz CT molecular complexity index is 1840. The second kappa shape index (κ2) is 11.8. The van der Waals surface area contributed by atoms with Crippen molar-refractivity contribution < 1.29 is 45.5 Å². The molecule has 14 heteroatoms. The number of nitrogens with one attached hydrogen (secondary N) is 3. The van der Waals surface area contributed by atoms with Gasteiger partial charge in [0.1, 0.15) is 11.6 Å². The van der Waals surface area contributed by atoms with Crippen LogP contribution in [0.5, 0.6) is 0 Å². The van der Waals surface area contributed by atoms with Gasteiger partial charge in [0.2, 0.25) is 10.0 Å². The van der Waals surface area contributed by atoms with E-state index in [1.54, 1.807) is 62.5 Å². The van der Waals surface area contributed by atoms with Crippen LogP contribution in [0.2, 0.25) is 0 Å². The Morgan fingerprint density at radius 1 is 0.864 bits per heavy atom. The molecule has 232 valence electrons. The summed E-state index contributed by atoms with van der Waals surface area (Å²) in [7, 11) is -4.12. The number of rotatable bonds is 8. The summed E-state index contributed by atoms with van der Waals surface area (Å²) in [4.78, 5) is 35.9. The molecule has 1 heterocycles. The molecule has 4 N–H and O–H groups in total. The Morgan fingerprint density at radius 2 is 1.43 bits per heavy atom. The maximum atomic E-state index is 13.0. The lowest BCUT2D eigenvalue weighted by Crippen LogP contribution is -2.48. The smallest absolute Gasteiger partial charge is 0.471 e. The van der Waals surface area contributed by atoms with Crippen LogP contribution in [0.25, 0.3) is 22.1 Å². The largest absolute Gasteiger partial charge is 0.480 e. The van der Waals surface area contributed by atoms with Gasteiger partial charge in [-0.15, -0.1) is 0 Å². The fourth-order valence-corrected chi connectivity index (χ4v) is 5.79. The fourth-order valence-electron chi connectivity index (χ4n) is 4.40. The number of carbonyl (C=O) groups excluding carboxylic acids is 2. The van der Waals surface area contributed by atoms with Crippen LogP contribution in [0.3, 0.4) is 0 Å². The molecule has 0 saturated heterocycles. The summed E-state index contributed by atoms with van der Waals surface area (Å²) >= 11 is 0. The minimum atomic E-state index is -5.10. The summed E-state index contributed by atoms with van der Waals surface area (Å²) in [6.45, 7) is 6.32. The molecule has 4 rings (SSSR count). The number of anilines is 2. The van der Waals surface area contributed by atoms with E-state index in [0.29, 0.717) is 16.8 Å². The molecule has 0 aliphatic carbocycles. The maximum absolute atomic E-state index is 13.0. The number of aliphatic carboxylic acids is 1. The van der Waals surface area contributed by atoms with Gasteiger partial charge in [0.25, 0.3) is 5.91 Å². The third-order valence-electron chi connectivity index (χ3n) is 6.69. The fraction of sp³-hybridized carbons (Fsp3) is 0.233. The van der Waals surface area contributed by atoms with Crippen LogP contribution in [0.1, 0.15) is 36.9 Å². The summed E-state index contributed by atoms with van der Waals surface area (Å²) in [5.74, 6) is -4.27. The third kappa shape index (κ3) is 6.92. The number of fused-ring (bicyclic) bond motifs is 1. The van der Waals surface area contributed by atoms with Gasteiger partial charge >= 0.3 is 18.1 Å². The quantitative estimate of drug-likeness (QED) is 0.188. The lowest BCUT2D eigenvalue weighted by molar-refractivity contribution is -0.167. The first-order valence-electron chi connectivity index (χ1n) is 13.1. The zero-order valence-electron chi connectivity index (χ0n) is 23.9. The van der Waals surface area contributed by atoms with Crippen molar-refractivity contribution >= 4 is 50.2 Å². The summed E-state index contributed by atoms with van der Waals surface area (Å²) in [5.41, 5.74) is 1.02. The molecule has 0 aliphatic rings. The molecule has 0 unspecified atom stereocenters. The summed E-state index contributed by atoms with van der Waals surface area (Å²) in [6.07, 6.45) is -5.10. The van der Waals surface area contributed by atoms with Crippen molar-refractivity contribution in [3.8, 4) is 11.1 Å². The number of amides is 2. The van der Waals surface area contributed by atoms with Gasteiger partial charge in [0.15, 0.2) is 5.76 Å². The number of alkyl halides is 3. The molecule has 3 aromatic carbocycles. The number of hydrogen-bond donors (Lipinski definition) is 4. The normalized spacial score (nSPS) is 13.0. The van der Waals surface area contributed by atoms with Gasteiger partial charge in [-0.2, -0.15) is 17.9 Å². The maximum Gasteiger partial charge on any atom is 0.471 e. The Labute approximate surface area is 250 Å². The van der Waals surface area contributed by atoms with E-state index in [2.05, 4.69) is 10.0 Å². The average Bonchev–Trinajstić information content (AvgIpc) is 3.28. The number of benzene rings is 3. The van der Waals surface area contributed by atoms with Gasteiger partial charge in [0, 0.05) is 16.6 Å². The van der Waals surface area contributed by atoms with Crippen LogP contribution in [0.4, 0.5) is 24.5 Å². The first kappa shape index (κ1) is 32.2. The van der Waals surface area contributed by atoms with Gasteiger partial charge < -0.3 is 20.2 Å². The molecule has 10 nitrogen and oxygen atoms in total. The number of carbonyl (C=O) groups is 3. The number of furan rings is 1. The van der Waals surface area contributed by atoms with Crippen molar-refractivity contribution in [3.63, 3.8) is 0 Å². The number of sulfonamides is 1. The minimum Gasteiger partial charge on any atom is -0.480 e. The number of hydrogen-bond acceptors (Lipinski definition) is 6. The molecule has 0 aliphatic heterocycles. The predicted molar refractivity (Wildman–Crippen MR) is 157 cm³/mol. The number of carboxylic acids is 1. The Hall–Kier alpha value is -4.69. The van der Waals surface area contributed by atoms with Crippen molar-refractivity contribution in [3.05, 3.63) is 78.1 Å². The first-order chi connectivity index (χ1) is 20.4. The highest BCUT2D eigenvalue weighted by Crippen LogP contribution is 2.33. The number of halogens is 3. The highest BCUT2D eigenvalue weighted by molar-refractivity contribution is 7.89. The van der Waals surface area contributed by atoms with Gasteiger partial charge in [-0.1, -0.05) is 51.1 Å².